The SMILES string of the molecule is CCOc1cc(C2C3=C(CC(C)(C)CC3=O)NC3=CC(C)(C)CC(=O)C32)ccc1OCC(=O)[O-]. The van der Waals surface area contributed by atoms with E-state index in [0.29, 0.717) is 37.2 Å². The molecule has 4 rings (SSSR count). The van der Waals surface area contributed by atoms with E-state index in [-0.39, 0.29) is 28.1 Å². The summed E-state index contributed by atoms with van der Waals surface area (Å²) < 4.78 is 11.1. The number of allylic oxidation sites excluding steroid dienone is 4. The molecule has 2 unspecified atom stereocenters. The van der Waals surface area contributed by atoms with Crippen LogP contribution in [0.15, 0.2) is 41.2 Å². The molecule has 3 aliphatic rings. The first-order valence-electron chi connectivity index (χ1n) is 11.8. The number of ether oxygens (including phenoxy) is 2. The van der Waals surface area contributed by atoms with Gasteiger partial charge in [0, 0.05) is 35.7 Å². The molecule has 0 aromatic heterocycles. The monoisotopic (exact) mass is 466 g/mol. The van der Waals surface area contributed by atoms with E-state index < -0.39 is 24.4 Å². The zero-order valence-corrected chi connectivity index (χ0v) is 20.4. The fourth-order valence-corrected chi connectivity index (χ4v) is 5.52. The van der Waals surface area contributed by atoms with E-state index in [1.54, 1.807) is 18.2 Å². The Labute approximate surface area is 200 Å². The Morgan fingerprint density at radius 2 is 1.79 bits per heavy atom. The Hall–Kier alpha value is -3.09. The molecule has 1 aromatic rings. The summed E-state index contributed by atoms with van der Waals surface area (Å²) in [5.74, 6) is -1.46. The van der Waals surface area contributed by atoms with Crippen LogP contribution in [0, 0.1) is 16.7 Å². The van der Waals surface area contributed by atoms with E-state index in [1.165, 1.54) is 0 Å². The number of benzene rings is 1. The number of fused-ring (bicyclic) bond motifs is 1. The van der Waals surface area contributed by atoms with E-state index in [9.17, 15) is 19.5 Å². The smallest absolute Gasteiger partial charge is 0.161 e. The lowest BCUT2D eigenvalue weighted by atomic mass is 9.62. The van der Waals surface area contributed by atoms with Crippen molar-refractivity contribution < 1.29 is 29.0 Å². The highest BCUT2D eigenvalue weighted by atomic mass is 16.5. The highest BCUT2D eigenvalue weighted by molar-refractivity contribution is 6.01. The van der Waals surface area contributed by atoms with Crippen molar-refractivity contribution in [1.82, 2.24) is 5.32 Å². The van der Waals surface area contributed by atoms with Gasteiger partial charge in [-0.1, -0.05) is 39.8 Å². The summed E-state index contributed by atoms with van der Waals surface area (Å²) >= 11 is 0. The van der Waals surface area contributed by atoms with Gasteiger partial charge in [0.2, 0.25) is 0 Å². The van der Waals surface area contributed by atoms with Gasteiger partial charge >= 0.3 is 0 Å². The number of carbonyl (C=O) groups is 3. The number of rotatable bonds is 6. The lowest BCUT2D eigenvalue weighted by molar-refractivity contribution is -0.307. The van der Waals surface area contributed by atoms with Gasteiger partial charge in [-0.3, -0.25) is 9.59 Å². The van der Waals surface area contributed by atoms with Crippen LogP contribution in [-0.2, 0) is 14.4 Å². The van der Waals surface area contributed by atoms with Gasteiger partial charge < -0.3 is 24.7 Å². The highest BCUT2D eigenvalue weighted by Crippen LogP contribution is 2.52. The minimum Gasteiger partial charge on any atom is -0.546 e. The molecule has 0 amide bonds. The quantitative estimate of drug-likeness (QED) is 0.687. The maximum absolute atomic E-state index is 13.4. The average molecular weight is 467 g/mol. The number of aliphatic carboxylic acids is 1. The summed E-state index contributed by atoms with van der Waals surface area (Å²) in [7, 11) is 0. The van der Waals surface area contributed by atoms with Crippen LogP contribution in [0.2, 0.25) is 0 Å². The van der Waals surface area contributed by atoms with E-state index in [2.05, 4.69) is 25.2 Å². The van der Waals surface area contributed by atoms with Gasteiger partial charge in [0.25, 0.3) is 0 Å². The molecule has 0 fully saturated rings. The molecule has 1 aromatic carbocycles. The first kappa shape index (κ1) is 24.0. The van der Waals surface area contributed by atoms with Gasteiger partial charge in [0.1, 0.15) is 12.4 Å². The van der Waals surface area contributed by atoms with Crippen molar-refractivity contribution in [3.63, 3.8) is 0 Å². The zero-order valence-electron chi connectivity index (χ0n) is 20.4. The largest absolute Gasteiger partial charge is 0.546 e. The summed E-state index contributed by atoms with van der Waals surface area (Å²) in [6.07, 6.45) is 3.66. The average Bonchev–Trinajstić information content (AvgIpc) is 2.69. The summed E-state index contributed by atoms with van der Waals surface area (Å²) in [5.41, 5.74) is 2.73. The maximum Gasteiger partial charge on any atom is 0.161 e. The summed E-state index contributed by atoms with van der Waals surface area (Å²) in [5, 5.41) is 14.4. The predicted molar refractivity (Wildman–Crippen MR) is 124 cm³/mol. The normalized spacial score (nSPS) is 25.0. The number of hydrogen-bond acceptors (Lipinski definition) is 7. The molecule has 2 aliphatic carbocycles. The molecular formula is C27H32NO6-. The van der Waals surface area contributed by atoms with Crippen LogP contribution >= 0.6 is 0 Å². The third-order valence-corrected chi connectivity index (χ3v) is 6.69. The minimum atomic E-state index is -1.33. The molecule has 7 nitrogen and oxygen atoms in total. The summed E-state index contributed by atoms with van der Waals surface area (Å²) in [6, 6.07) is 5.21. The van der Waals surface area contributed by atoms with Crippen LogP contribution in [0.5, 0.6) is 11.5 Å². The van der Waals surface area contributed by atoms with Crippen LogP contribution in [0.1, 0.15) is 65.4 Å². The Kier molecular flexibility index (Phi) is 6.08. The van der Waals surface area contributed by atoms with E-state index in [0.717, 1.165) is 17.0 Å². The lowest BCUT2D eigenvalue weighted by Crippen LogP contribution is -2.46. The molecule has 1 N–H and O–H groups in total. The molecule has 34 heavy (non-hydrogen) atoms. The molecular weight excluding hydrogens is 434 g/mol. The molecule has 7 heteroatoms. The predicted octanol–water partition coefficient (Wildman–Crippen LogP) is 3.04. The number of nitrogens with one attached hydrogen (secondary N) is 1. The highest BCUT2D eigenvalue weighted by Gasteiger charge is 2.49. The second-order valence-corrected chi connectivity index (χ2v) is 10.9. The molecule has 0 saturated heterocycles. The number of carboxylic acid groups (broad SMARTS) is 1. The van der Waals surface area contributed by atoms with Crippen LogP contribution < -0.4 is 19.9 Å². The van der Waals surface area contributed by atoms with Crippen LogP contribution in [-0.4, -0.2) is 30.7 Å². The summed E-state index contributed by atoms with van der Waals surface area (Å²) in [6.45, 7) is 9.82. The van der Waals surface area contributed by atoms with Crippen molar-refractivity contribution in [2.75, 3.05) is 13.2 Å². The number of ketones is 2. The number of Topliss-reactive ketones (excluding diaryl/α,β-unsaturated/α-hetero) is 2. The van der Waals surface area contributed by atoms with Crippen LogP contribution in [0.3, 0.4) is 0 Å². The Morgan fingerprint density at radius 1 is 1.06 bits per heavy atom. The molecule has 0 bridgehead atoms. The molecule has 1 aliphatic heterocycles. The second kappa shape index (κ2) is 8.60. The van der Waals surface area contributed by atoms with Crippen LogP contribution in [0.4, 0.5) is 0 Å². The van der Waals surface area contributed by atoms with Crippen molar-refractivity contribution in [2.24, 2.45) is 16.7 Å². The van der Waals surface area contributed by atoms with E-state index in [1.807, 2.05) is 20.8 Å². The number of carbonyl (C=O) groups excluding carboxylic acids is 3. The van der Waals surface area contributed by atoms with Gasteiger partial charge in [-0.05, 0) is 41.9 Å². The summed E-state index contributed by atoms with van der Waals surface area (Å²) in [4.78, 5) is 37.8. The van der Waals surface area contributed by atoms with Gasteiger partial charge in [-0.2, -0.15) is 0 Å². The Bertz CT molecular complexity index is 1110. The first-order chi connectivity index (χ1) is 15.9. The molecule has 2 atom stereocenters. The lowest BCUT2D eigenvalue weighted by Gasteiger charge is -2.45. The second-order valence-electron chi connectivity index (χ2n) is 10.9. The van der Waals surface area contributed by atoms with Crippen LogP contribution in [0.25, 0.3) is 0 Å². The zero-order chi connectivity index (χ0) is 24.8. The molecule has 182 valence electrons. The van der Waals surface area contributed by atoms with E-state index in [4.69, 9.17) is 9.47 Å². The fraction of sp³-hybridized carbons (Fsp3) is 0.519. The Morgan fingerprint density at radius 3 is 2.47 bits per heavy atom. The fourth-order valence-electron chi connectivity index (χ4n) is 5.52. The minimum absolute atomic E-state index is 0.0515. The number of carboxylic acids is 1. The molecule has 0 saturated carbocycles. The number of hydrogen-bond donors (Lipinski definition) is 1. The van der Waals surface area contributed by atoms with Gasteiger partial charge in [-0.15, -0.1) is 0 Å². The third-order valence-electron chi connectivity index (χ3n) is 6.69. The van der Waals surface area contributed by atoms with Crippen molar-refractivity contribution in [2.45, 2.75) is 59.8 Å². The van der Waals surface area contributed by atoms with Crippen molar-refractivity contribution in [1.29, 1.82) is 0 Å². The van der Waals surface area contributed by atoms with E-state index >= 15 is 0 Å². The first-order valence-corrected chi connectivity index (χ1v) is 11.8. The molecule has 0 radical (unpaired) electrons. The molecule has 0 spiro atoms. The van der Waals surface area contributed by atoms with Gasteiger partial charge in [0.15, 0.2) is 17.3 Å². The standard InChI is InChI=1S/C27H33NO6/c1-6-33-21-9-15(7-8-20(21)34-14-22(31)32)23-24-16(10-26(2,3)12-18(24)29)28-17-11-27(4,5)13-19(30)25(17)23/h7-10,23-24,28H,6,11-14H2,1-5H3,(H,31,32)/p-1. The topological polar surface area (TPSA) is 105 Å². The maximum atomic E-state index is 13.4. The van der Waals surface area contributed by atoms with Crippen molar-refractivity contribution in [3.8, 4) is 11.5 Å². The third kappa shape index (κ3) is 4.61. The van der Waals surface area contributed by atoms with Gasteiger partial charge in [-0.25, -0.2) is 0 Å². The van der Waals surface area contributed by atoms with Gasteiger partial charge in [0.05, 0.1) is 18.5 Å². The van der Waals surface area contributed by atoms with Crippen molar-refractivity contribution >= 4 is 17.5 Å². The van der Waals surface area contributed by atoms with Crippen molar-refractivity contribution in [3.05, 3.63) is 46.8 Å². The molecule has 1 heterocycles. The Balaban J connectivity index is 1.86.